The van der Waals surface area contributed by atoms with E-state index >= 15 is 0 Å². The number of aryl methyl sites for hydroxylation is 2. The molecule has 1 aromatic heterocycles. The molecule has 4 heteroatoms. The van der Waals surface area contributed by atoms with Crippen LogP contribution in [0.3, 0.4) is 0 Å². The van der Waals surface area contributed by atoms with Crippen molar-refractivity contribution >= 4 is 28.7 Å². The van der Waals surface area contributed by atoms with Gasteiger partial charge in [0.05, 0.1) is 9.90 Å². The minimum atomic E-state index is -0.0234. The van der Waals surface area contributed by atoms with Crippen LogP contribution >= 0.6 is 22.9 Å². The van der Waals surface area contributed by atoms with E-state index in [1.54, 1.807) is 6.07 Å². The topological polar surface area (TPSA) is 26.3 Å². The molecule has 0 spiro atoms. The number of ether oxygens (including phenoxy) is 1. The maximum absolute atomic E-state index is 11.9. The molecule has 1 heterocycles. The number of halogens is 1. The standard InChI is InChI=1S/C14H13ClO2S/c1-9-3-5-13(11(15)7-9)17-8-12(16)14-6-4-10(2)18-14/h3-7H,8H2,1-2H3. The predicted molar refractivity (Wildman–Crippen MR) is 75.1 cm³/mol. The lowest BCUT2D eigenvalue weighted by molar-refractivity contribution is 0.0925. The number of carbonyl (C=O) groups excluding carboxylic acids is 1. The third-order valence-corrected chi connectivity index (χ3v) is 3.80. The Morgan fingerprint density at radius 3 is 2.67 bits per heavy atom. The minimum Gasteiger partial charge on any atom is -0.484 e. The van der Waals surface area contributed by atoms with Crippen molar-refractivity contribution in [2.75, 3.05) is 6.61 Å². The molecule has 2 aromatic rings. The van der Waals surface area contributed by atoms with Crippen LogP contribution in [0.15, 0.2) is 30.3 Å². The zero-order valence-corrected chi connectivity index (χ0v) is 11.8. The zero-order chi connectivity index (χ0) is 13.1. The Morgan fingerprint density at radius 2 is 2.06 bits per heavy atom. The molecule has 0 bridgehead atoms. The van der Waals surface area contributed by atoms with Gasteiger partial charge in [0.1, 0.15) is 5.75 Å². The van der Waals surface area contributed by atoms with Gasteiger partial charge in [-0.05, 0) is 43.7 Å². The van der Waals surface area contributed by atoms with Crippen LogP contribution in [0.1, 0.15) is 20.1 Å². The van der Waals surface area contributed by atoms with Gasteiger partial charge < -0.3 is 4.74 Å². The third-order valence-electron chi connectivity index (χ3n) is 2.46. The van der Waals surface area contributed by atoms with Crippen molar-refractivity contribution in [3.63, 3.8) is 0 Å². The van der Waals surface area contributed by atoms with Crippen LogP contribution in [-0.4, -0.2) is 12.4 Å². The van der Waals surface area contributed by atoms with Crippen molar-refractivity contribution in [2.45, 2.75) is 13.8 Å². The lowest BCUT2D eigenvalue weighted by Gasteiger charge is -2.07. The van der Waals surface area contributed by atoms with Crippen molar-refractivity contribution in [2.24, 2.45) is 0 Å². The molecular formula is C14H13ClO2S. The number of ketones is 1. The fourth-order valence-corrected chi connectivity index (χ4v) is 2.60. The first-order valence-corrected chi connectivity index (χ1v) is 6.74. The average molecular weight is 281 g/mol. The summed E-state index contributed by atoms with van der Waals surface area (Å²) in [7, 11) is 0. The summed E-state index contributed by atoms with van der Waals surface area (Å²) in [4.78, 5) is 13.7. The second-order valence-corrected chi connectivity index (χ2v) is 5.75. The largest absolute Gasteiger partial charge is 0.484 e. The highest BCUT2D eigenvalue weighted by Crippen LogP contribution is 2.25. The number of thiophene rings is 1. The van der Waals surface area contributed by atoms with Gasteiger partial charge in [-0.3, -0.25) is 4.79 Å². The quantitative estimate of drug-likeness (QED) is 0.782. The molecule has 0 saturated carbocycles. The van der Waals surface area contributed by atoms with Crippen molar-refractivity contribution in [1.29, 1.82) is 0 Å². The summed E-state index contributed by atoms with van der Waals surface area (Å²) in [5.74, 6) is 0.522. The second kappa shape index (κ2) is 5.55. The number of hydrogen-bond acceptors (Lipinski definition) is 3. The highest BCUT2D eigenvalue weighted by atomic mass is 35.5. The molecule has 0 fully saturated rings. The number of Topliss-reactive ketones (excluding diaryl/α,β-unsaturated/α-hetero) is 1. The van der Waals surface area contributed by atoms with Gasteiger partial charge in [0.25, 0.3) is 0 Å². The van der Waals surface area contributed by atoms with Gasteiger partial charge in [0, 0.05) is 4.88 Å². The Balaban J connectivity index is 2.01. The van der Waals surface area contributed by atoms with Gasteiger partial charge in [0.15, 0.2) is 6.61 Å². The van der Waals surface area contributed by atoms with Gasteiger partial charge in [-0.25, -0.2) is 0 Å². The summed E-state index contributed by atoms with van der Waals surface area (Å²) in [5.41, 5.74) is 1.06. The maximum atomic E-state index is 11.9. The Kier molecular flexibility index (Phi) is 4.04. The minimum absolute atomic E-state index is 0.0166. The molecule has 0 atom stereocenters. The Hall–Kier alpha value is -1.32. The van der Waals surface area contributed by atoms with Gasteiger partial charge in [-0.2, -0.15) is 0 Å². The monoisotopic (exact) mass is 280 g/mol. The zero-order valence-electron chi connectivity index (χ0n) is 10.2. The van der Waals surface area contributed by atoms with E-state index in [1.165, 1.54) is 11.3 Å². The molecule has 0 amide bonds. The fourth-order valence-electron chi connectivity index (χ4n) is 1.52. The van der Waals surface area contributed by atoms with Crippen LogP contribution in [0, 0.1) is 13.8 Å². The lowest BCUT2D eigenvalue weighted by Crippen LogP contribution is -2.10. The molecule has 0 radical (unpaired) electrons. The van der Waals surface area contributed by atoms with Crippen LogP contribution in [0.2, 0.25) is 5.02 Å². The molecule has 0 aliphatic rings. The first kappa shape index (κ1) is 13.1. The normalized spacial score (nSPS) is 10.4. The third kappa shape index (κ3) is 3.12. The van der Waals surface area contributed by atoms with E-state index < -0.39 is 0 Å². The molecule has 1 aromatic carbocycles. The Labute approximate surface area is 115 Å². The molecule has 2 nitrogen and oxygen atoms in total. The van der Waals surface area contributed by atoms with Crippen LogP contribution in [0.5, 0.6) is 5.75 Å². The second-order valence-electron chi connectivity index (χ2n) is 4.06. The van der Waals surface area contributed by atoms with E-state index in [9.17, 15) is 4.79 Å². The first-order chi connectivity index (χ1) is 8.56. The van der Waals surface area contributed by atoms with Gasteiger partial charge in [-0.1, -0.05) is 17.7 Å². The number of carbonyl (C=O) groups is 1. The van der Waals surface area contributed by atoms with Gasteiger partial charge in [0.2, 0.25) is 5.78 Å². The predicted octanol–water partition coefficient (Wildman–Crippen LogP) is 4.28. The molecule has 0 aliphatic heterocycles. The molecule has 0 N–H and O–H groups in total. The van der Waals surface area contributed by atoms with E-state index in [-0.39, 0.29) is 12.4 Å². The maximum Gasteiger partial charge on any atom is 0.210 e. The average Bonchev–Trinajstić information content (AvgIpc) is 2.74. The number of benzene rings is 1. The van der Waals surface area contributed by atoms with Crippen LogP contribution in [0.25, 0.3) is 0 Å². The van der Waals surface area contributed by atoms with E-state index in [4.69, 9.17) is 16.3 Å². The summed E-state index contributed by atoms with van der Waals surface area (Å²) in [5, 5.41) is 0.533. The molecule has 0 unspecified atom stereocenters. The smallest absolute Gasteiger partial charge is 0.210 e. The highest BCUT2D eigenvalue weighted by Gasteiger charge is 2.10. The van der Waals surface area contributed by atoms with E-state index in [0.717, 1.165) is 15.3 Å². The summed E-state index contributed by atoms with van der Waals surface area (Å²) in [6, 6.07) is 9.25. The summed E-state index contributed by atoms with van der Waals surface area (Å²) in [6.07, 6.45) is 0. The van der Waals surface area contributed by atoms with E-state index in [2.05, 4.69) is 0 Å². The molecule has 18 heavy (non-hydrogen) atoms. The lowest BCUT2D eigenvalue weighted by atomic mass is 10.2. The molecule has 94 valence electrons. The Bertz CT molecular complexity index is 575. The summed E-state index contributed by atoms with van der Waals surface area (Å²) < 4.78 is 5.44. The van der Waals surface area contributed by atoms with Gasteiger partial charge in [-0.15, -0.1) is 11.3 Å². The molecule has 2 rings (SSSR count). The molecule has 0 aliphatic carbocycles. The van der Waals surface area contributed by atoms with E-state index in [1.807, 2.05) is 38.1 Å². The molecule has 0 saturated heterocycles. The fraction of sp³-hybridized carbons (Fsp3) is 0.214. The van der Waals surface area contributed by atoms with Crippen LogP contribution in [-0.2, 0) is 0 Å². The van der Waals surface area contributed by atoms with Gasteiger partial charge >= 0.3 is 0 Å². The summed E-state index contributed by atoms with van der Waals surface area (Å²) >= 11 is 7.50. The Morgan fingerprint density at radius 1 is 1.28 bits per heavy atom. The molecular weight excluding hydrogens is 268 g/mol. The van der Waals surface area contributed by atoms with Crippen molar-refractivity contribution < 1.29 is 9.53 Å². The first-order valence-electron chi connectivity index (χ1n) is 5.55. The number of rotatable bonds is 4. The van der Waals surface area contributed by atoms with E-state index in [0.29, 0.717) is 10.8 Å². The SMILES string of the molecule is Cc1ccc(OCC(=O)c2ccc(C)s2)c(Cl)c1. The van der Waals surface area contributed by atoms with Crippen LogP contribution < -0.4 is 4.74 Å². The van der Waals surface area contributed by atoms with Crippen molar-refractivity contribution in [1.82, 2.24) is 0 Å². The van der Waals surface area contributed by atoms with Crippen molar-refractivity contribution in [3.05, 3.63) is 50.7 Å². The van der Waals surface area contributed by atoms with Crippen molar-refractivity contribution in [3.8, 4) is 5.75 Å². The summed E-state index contributed by atoms with van der Waals surface area (Å²) in [6.45, 7) is 3.94. The number of hydrogen-bond donors (Lipinski definition) is 0. The van der Waals surface area contributed by atoms with Crippen LogP contribution in [0.4, 0.5) is 0 Å². The highest BCUT2D eigenvalue weighted by molar-refractivity contribution is 7.14.